The molecule has 0 aliphatic carbocycles. The predicted molar refractivity (Wildman–Crippen MR) is 97.9 cm³/mol. The third-order valence-electron chi connectivity index (χ3n) is 5.56. The molecule has 2 unspecified atom stereocenters. The average molecular weight is 343 g/mol. The Balaban J connectivity index is 1.49. The van der Waals surface area contributed by atoms with Crippen LogP contribution in [-0.4, -0.2) is 65.3 Å². The zero-order chi connectivity index (χ0) is 17.8. The number of hydrogen-bond donors (Lipinski definition) is 0. The Bertz CT molecular complexity index is 596. The van der Waals surface area contributed by atoms with Gasteiger partial charge in [0.15, 0.2) is 0 Å². The molecule has 2 fully saturated rings. The Labute approximate surface area is 150 Å². The van der Waals surface area contributed by atoms with Crippen LogP contribution in [0.25, 0.3) is 0 Å². The number of piperazine rings is 1. The van der Waals surface area contributed by atoms with Gasteiger partial charge in [-0.3, -0.25) is 14.5 Å². The zero-order valence-electron chi connectivity index (χ0n) is 15.4. The van der Waals surface area contributed by atoms with Crippen LogP contribution in [0.3, 0.4) is 0 Å². The molecule has 2 atom stereocenters. The van der Waals surface area contributed by atoms with Crippen LogP contribution in [0.15, 0.2) is 30.3 Å². The predicted octanol–water partition coefficient (Wildman–Crippen LogP) is 1.98. The summed E-state index contributed by atoms with van der Waals surface area (Å²) in [6.07, 6.45) is 1.32. The van der Waals surface area contributed by atoms with Crippen molar-refractivity contribution in [2.24, 2.45) is 5.92 Å². The van der Waals surface area contributed by atoms with E-state index in [9.17, 15) is 9.59 Å². The van der Waals surface area contributed by atoms with Crippen LogP contribution in [0.1, 0.15) is 32.3 Å². The Hall–Kier alpha value is -1.88. The topological polar surface area (TPSA) is 43.9 Å². The van der Waals surface area contributed by atoms with Gasteiger partial charge in [-0.15, -0.1) is 0 Å². The molecule has 0 radical (unpaired) electrons. The van der Waals surface area contributed by atoms with Gasteiger partial charge in [-0.05, 0) is 18.9 Å². The SMILES string of the molecule is CCC(C)N1CC(C(=O)N2CCN(Cc3ccccc3)CC2)CC1=O. The number of rotatable bonds is 5. The fourth-order valence-corrected chi connectivity index (χ4v) is 3.77. The highest BCUT2D eigenvalue weighted by Crippen LogP contribution is 2.24. The van der Waals surface area contributed by atoms with E-state index in [0.29, 0.717) is 13.0 Å². The standard InChI is InChI=1S/C20H29N3O2/c1-3-16(2)23-15-18(13-19(23)24)20(25)22-11-9-21(10-12-22)14-17-7-5-4-6-8-17/h4-8,16,18H,3,9-15H2,1-2H3. The summed E-state index contributed by atoms with van der Waals surface area (Å²) in [5.74, 6) is 0.149. The summed E-state index contributed by atoms with van der Waals surface area (Å²) < 4.78 is 0. The van der Waals surface area contributed by atoms with Crippen molar-refractivity contribution >= 4 is 11.8 Å². The molecule has 1 aromatic carbocycles. The Kier molecular flexibility index (Phi) is 5.74. The van der Waals surface area contributed by atoms with Gasteiger partial charge < -0.3 is 9.80 Å². The first-order chi connectivity index (χ1) is 12.1. The number of benzene rings is 1. The number of likely N-dealkylation sites (tertiary alicyclic amines) is 1. The summed E-state index contributed by atoms with van der Waals surface area (Å²) in [6, 6.07) is 10.7. The molecular formula is C20H29N3O2. The van der Waals surface area contributed by atoms with Crippen molar-refractivity contribution < 1.29 is 9.59 Å². The molecule has 136 valence electrons. The molecule has 5 nitrogen and oxygen atoms in total. The van der Waals surface area contributed by atoms with Crippen LogP contribution in [0.2, 0.25) is 0 Å². The van der Waals surface area contributed by atoms with Crippen molar-refractivity contribution in [3.63, 3.8) is 0 Å². The minimum atomic E-state index is -0.151. The van der Waals surface area contributed by atoms with E-state index in [1.807, 2.05) is 15.9 Å². The van der Waals surface area contributed by atoms with Crippen LogP contribution in [0, 0.1) is 5.92 Å². The van der Waals surface area contributed by atoms with Crippen LogP contribution in [0.4, 0.5) is 0 Å². The van der Waals surface area contributed by atoms with E-state index >= 15 is 0 Å². The largest absolute Gasteiger partial charge is 0.340 e. The third kappa shape index (κ3) is 4.21. The molecule has 0 spiro atoms. The summed E-state index contributed by atoms with van der Waals surface area (Å²) in [5.41, 5.74) is 1.31. The summed E-state index contributed by atoms with van der Waals surface area (Å²) in [4.78, 5) is 31.2. The lowest BCUT2D eigenvalue weighted by Crippen LogP contribution is -2.50. The number of carbonyl (C=O) groups is 2. The van der Waals surface area contributed by atoms with Gasteiger partial charge in [-0.25, -0.2) is 0 Å². The molecule has 1 aromatic rings. The lowest BCUT2D eigenvalue weighted by atomic mass is 10.1. The number of hydrogen-bond acceptors (Lipinski definition) is 3. The molecule has 0 N–H and O–H groups in total. The first-order valence-electron chi connectivity index (χ1n) is 9.43. The van der Waals surface area contributed by atoms with Crippen molar-refractivity contribution in [3.05, 3.63) is 35.9 Å². The second-order valence-electron chi connectivity index (χ2n) is 7.29. The first kappa shape index (κ1) is 17.9. The molecule has 0 bridgehead atoms. The normalized spacial score (nSPS) is 23.1. The molecule has 2 aliphatic rings. The van der Waals surface area contributed by atoms with Gasteiger partial charge >= 0.3 is 0 Å². The van der Waals surface area contributed by atoms with Crippen molar-refractivity contribution in [2.45, 2.75) is 39.3 Å². The van der Waals surface area contributed by atoms with E-state index in [4.69, 9.17) is 0 Å². The van der Waals surface area contributed by atoms with Crippen LogP contribution < -0.4 is 0 Å². The maximum Gasteiger partial charge on any atom is 0.228 e. The zero-order valence-corrected chi connectivity index (χ0v) is 15.4. The maximum atomic E-state index is 12.8. The Morgan fingerprint density at radius 2 is 1.84 bits per heavy atom. The van der Waals surface area contributed by atoms with Gasteiger partial charge in [0.1, 0.15) is 0 Å². The molecule has 5 heteroatoms. The summed E-state index contributed by atoms with van der Waals surface area (Å²) in [5, 5.41) is 0. The van der Waals surface area contributed by atoms with Gasteiger partial charge in [0.05, 0.1) is 5.92 Å². The van der Waals surface area contributed by atoms with E-state index in [2.05, 4.69) is 43.0 Å². The summed E-state index contributed by atoms with van der Waals surface area (Å²) >= 11 is 0. The average Bonchev–Trinajstić information content (AvgIpc) is 3.04. The molecular weight excluding hydrogens is 314 g/mol. The van der Waals surface area contributed by atoms with E-state index in [1.165, 1.54) is 5.56 Å². The smallest absolute Gasteiger partial charge is 0.228 e. The van der Waals surface area contributed by atoms with E-state index in [0.717, 1.165) is 39.1 Å². The number of nitrogens with zero attached hydrogens (tertiary/aromatic N) is 3. The minimum Gasteiger partial charge on any atom is -0.340 e. The highest BCUT2D eigenvalue weighted by Gasteiger charge is 2.38. The fraction of sp³-hybridized carbons (Fsp3) is 0.600. The van der Waals surface area contributed by atoms with Gasteiger partial charge in [-0.2, -0.15) is 0 Å². The maximum absolute atomic E-state index is 12.8. The second kappa shape index (κ2) is 8.00. The number of carbonyl (C=O) groups excluding carboxylic acids is 2. The third-order valence-corrected chi connectivity index (χ3v) is 5.56. The first-order valence-corrected chi connectivity index (χ1v) is 9.43. The van der Waals surface area contributed by atoms with Crippen molar-refractivity contribution in [1.82, 2.24) is 14.7 Å². The molecule has 2 heterocycles. The van der Waals surface area contributed by atoms with E-state index in [1.54, 1.807) is 0 Å². The molecule has 0 aromatic heterocycles. The highest BCUT2D eigenvalue weighted by molar-refractivity contribution is 5.89. The van der Waals surface area contributed by atoms with Crippen molar-refractivity contribution in [1.29, 1.82) is 0 Å². The highest BCUT2D eigenvalue weighted by atomic mass is 16.2. The summed E-state index contributed by atoms with van der Waals surface area (Å²) in [6.45, 7) is 9.00. The van der Waals surface area contributed by atoms with E-state index < -0.39 is 0 Å². The molecule has 3 rings (SSSR count). The van der Waals surface area contributed by atoms with Crippen molar-refractivity contribution in [2.75, 3.05) is 32.7 Å². The molecule has 25 heavy (non-hydrogen) atoms. The molecule has 0 saturated carbocycles. The van der Waals surface area contributed by atoms with Gasteiger partial charge in [-0.1, -0.05) is 37.3 Å². The van der Waals surface area contributed by atoms with Gasteiger partial charge in [0, 0.05) is 51.7 Å². The monoisotopic (exact) mass is 343 g/mol. The van der Waals surface area contributed by atoms with Crippen LogP contribution in [-0.2, 0) is 16.1 Å². The summed E-state index contributed by atoms with van der Waals surface area (Å²) in [7, 11) is 0. The lowest BCUT2D eigenvalue weighted by Gasteiger charge is -2.36. The number of amides is 2. The van der Waals surface area contributed by atoms with Gasteiger partial charge in [0.25, 0.3) is 0 Å². The van der Waals surface area contributed by atoms with E-state index in [-0.39, 0.29) is 23.8 Å². The second-order valence-corrected chi connectivity index (χ2v) is 7.29. The van der Waals surface area contributed by atoms with Crippen molar-refractivity contribution in [3.8, 4) is 0 Å². The van der Waals surface area contributed by atoms with Crippen LogP contribution >= 0.6 is 0 Å². The quantitative estimate of drug-likeness (QED) is 0.821. The fourth-order valence-electron chi connectivity index (χ4n) is 3.77. The van der Waals surface area contributed by atoms with Gasteiger partial charge in [0.2, 0.25) is 11.8 Å². The Morgan fingerprint density at radius 1 is 1.16 bits per heavy atom. The van der Waals surface area contributed by atoms with Crippen LogP contribution in [0.5, 0.6) is 0 Å². The molecule has 2 aliphatic heterocycles. The lowest BCUT2D eigenvalue weighted by molar-refractivity contribution is -0.137. The minimum absolute atomic E-state index is 0.135. The Morgan fingerprint density at radius 3 is 2.48 bits per heavy atom. The molecule has 2 saturated heterocycles. The molecule has 2 amide bonds.